The molecule has 0 fully saturated rings. The summed E-state index contributed by atoms with van der Waals surface area (Å²) < 4.78 is 1.66. The summed E-state index contributed by atoms with van der Waals surface area (Å²) in [5.74, 6) is 0. The van der Waals surface area contributed by atoms with E-state index in [1.807, 2.05) is 11.4 Å². The molecule has 0 atom stereocenters. The molecular formula is C12H8Cl2N4S. The predicted molar refractivity (Wildman–Crippen MR) is 79.1 cm³/mol. The second-order valence-corrected chi connectivity index (χ2v) is 5.52. The average Bonchev–Trinajstić information content (AvgIpc) is 3.01. The zero-order valence-corrected chi connectivity index (χ0v) is 11.9. The lowest BCUT2D eigenvalue weighted by atomic mass is 10.3. The van der Waals surface area contributed by atoms with Crippen LogP contribution in [0.3, 0.4) is 0 Å². The molecule has 4 nitrogen and oxygen atoms in total. The third kappa shape index (κ3) is 2.32. The maximum absolute atomic E-state index is 6.00. The summed E-state index contributed by atoms with van der Waals surface area (Å²) in [6.45, 7) is 0. The minimum absolute atomic E-state index is 0.476. The first kappa shape index (κ1) is 12.5. The largest absolute Gasteiger partial charge is 0.396 e. The fourth-order valence-electron chi connectivity index (χ4n) is 1.65. The smallest absolute Gasteiger partial charge is 0.145 e. The van der Waals surface area contributed by atoms with Gasteiger partial charge in [0, 0.05) is 11.6 Å². The zero-order chi connectivity index (χ0) is 13.4. The Morgan fingerprint density at radius 3 is 2.74 bits per heavy atom. The molecule has 0 unspecified atom stereocenters. The van der Waals surface area contributed by atoms with Gasteiger partial charge in [-0.05, 0) is 18.2 Å². The lowest BCUT2D eigenvalue weighted by molar-refractivity contribution is 0.884. The maximum atomic E-state index is 6.00. The molecular weight excluding hydrogens is 303 g/mol. The summed E-state index contributed by atoms with van der Waals surface area (Å²) >= 11 is 13.4. The van der Waals surface area contributed by atoms with Crippen LogP contribution in [0, 0.1) is 0 Å². The van der Waals surface area contributed by atoms with E-state index in [2.05, 4.69) is 10.1 Å². The van der Waals surface area contributed by atoms with E-state index in [0.717, 1.165) is 10.7 Å². The quantitative estimate of drug-likeness (QED) is 0.781. The van der Waals surface area contributed by atoms with Gasteiger partial charge in [-0.3, -0.25) is 0 Å². The van der Waals surface area contributed by atoms with Crippen LogP contribution >= 0.6 is 34.5 Å². The number of benzene rings is 1. The van der Waals surface area contributed by atoms with Gasteiger partial charge in [-0.1, -0.05) is 23.2 Å². The van der Waals surface area contributed by atoms with E-state index in [0.29, 0.717) is 21.4 Å². The lowest BCUT2D eigenvalue weighted by Crippen LogP contribution is -1.94. The molecule has 96 valence electrons. The van der Waals surface area contributed by atoms with Crippen LogP contribution in [0.5, 0.6) is 0 Å². The van der Waals surface area contributed by atoms with Crippen molar-refractivity contribution in [2.45, 2.75) is 0 Å². The summed E-state index contributed by atoms with van der Waals surface area (Å²) in [6, 6.07) is 5.29. The van der Waals surface area contributed by atoms with Gasteiger partial charge in [-0.15, -0.1) is 11.3 Å². The second-order valence-electron chi connectivity index (χ2n) is 3.81. The predicted octanol–water partition coefficient (Wildman–Crippen LogP) is 3.88. The van der Waals surface area contributed by atoms with E-state index < -0.39 is 0 Å². The third-order valence-corrected chi connectivity index (χ3v) is 4.06. The van der Waals surface area contributed by atoms with E-state index in [9.17, 15) is 0 Å². The van der Waals surface area contributed by atoms with Crippen molar-refractivity contribution in [1.29, 1.82) is 0 Å². The molecule has 0 amide bonds. The van der Waals surface area contributed by atoms with Gasteiger partial charge >= 0.3 is 0 Å². The summed E-state index contributed by atoms with van der Waals surface area (Å²) in [6.07, 6.45) is 3.45. The molecule has 0 aliphatic heterocycles. The lowest BCUT2D eigenvalue weighted by Gasteiger charge is -2.02. The zero-order valence-electron chi connectivity index (χ0n) is 9.55. The number of rotatable bonds is 2. The standard InChI is InChI=1S/C12H8Cl2N4S/c13-8-2-1-7(5-9(8)14)18-6-10(15)11(17-18)12-16-3-4-19-12/h1-6H,15H2. The molecule has 7 heteroatoms. The molecule has 0 aliphatic carbocycles. The van der Waals surface area contributed by atoms with Crippen molar-refractivity contribution in [2.75, 3.05) is 5.73 Å². The molecule has 0 aliphatic rings. The fourth-order valence-corrected chi connectivity index (χ4v) is 2.59. The molecule has 2 aromatic heterocycles. The molecule has 0 saturated carbocycles. The van der Waals surface area contributed by atoms with Gasteiger partial charge in [0.05, 0.1) is 27.6 Å². The molecule has 19 heavy (non-hydrogen) atoms. The number of nitrogens with two attached hydrogens (primary N) is 1. The first-order valence-corrected chi connectivity index (χ1v) is 6.99. The highest BCUT2D eigenvalue weighted by Gasteiger charge is 2.12. The van der Waals surface area contributed by atoms with Gasteiger partial charge in [-0.2, -0.15) is 5.10 Å². The Kier molecular flexibility index (Phi) is 3.18. The number of thiazole rings is 1. The van der Waals surface area contributed by atoms with Crippen molar-refractivity contribution in [1.82, 2.24) is 14.8 Å². The number of nitrogens with zero attached hydrogens (tertiary/aromatic N) is 3. The Hall–Kier alpha value is -1.56. The molecule has 0 spiro atoms. The van der Waals surface area contributed by atoms with Crippen molar-refractivity contribution in [3.05, 3.63) is 46.0 Å². The molecule has 3 rings (SSSR count). The van der Waals surface area contributed by atoms with Gasteiger partial charge < -0.3 is 5.73 Å². The van der Waals surface area contributed by atoms with Crippen LogP contribution in [0.15, 0.2) is 36.0 Å². The van der Waals surface area contributed by atoms with E-state index in [-0.39, 0.29) is 0 Å². The van der Waals surface area contributed by atoms with Crippen LogP contribution in [0.25, 0.3) is 16.4 Å². The highest BCUT2D eigenvalue weighted by molar-refractivity contribution is 7.13. The molecule has 3 aromatic rings. The molecule has 2 heterocycles. The van der Waals surface area contributed by atoms with Crippen molar-refractivity contribution < 1.29 is 0 Å². The summed E-state index contributed by atoms with van der Waals surface area (Å²) in [4.78, 5) is 4.20. The SMILES string of the molecule is Nc1cn(-c2ccc(Cl)c(Cl)c2)nc1-c1nccs1. The van der Waals surface area contributed by atoms with Crippen LogP contribution in [0.1, 0.15) is 0 Å². The topological polar surface area (TPSA) is 56.7 Å². The van der Waals surface area contributed by atoms with Crippen molar-refractivity contribution in [2.24, 2.45) is 0 Å². The molecule has 2 N–H and O–H groups in total. The Labute approximate surface area is 123 Å². The normalized spacial score (nSPS) is 10.8. The number of anilines is 1. The van der Waals surface area contributed by atoms with Crippen LogP contribution in [-0.4, -0.2) is 14.8 Å². The monoisotopic (exact) mass is 310 g/mol. The molecule has 0 saturated heterocycles. The van der Waals surface area contributed by atoms with E-state index >= 15 is 0 Å². The van der Waals surface area contributed by atoms with Crippen LogP contribution in [0.4, 0.5) is 5.69 Å². The molecule has 1 aromatic carbocycles. The van der Waals surface area contributed by atoms with Gasteiger partial charge in [0.2, 0.25) is 0 Å². The van der Waals surface area contributed by atoms with E-state index in [1.165, 1.54) is 11.3 Å². The third-order valence-electron chi connectivity index (χ3n) is 2.55. The van der Waals surface area contributed by atoms with E-state index in [1.54, 1.807) is 29.2 Å². The Morgan fingerprint density at radius 2 is 2.05 bits per heavy atom. The maximum Gasteiger partial charge on any atom is 0.145 e. The first-order chi connectivity index (χ1) is 9.15. The van der Waals surface area contributed by atoms with Crippen molar-refractivity contribution in [3.8, 4) is 16.4 Å². The van der Waals surface area contributed by atoms with Gasteiger partial charge in [0.15, 0.2) is 0 Å². The second kappa shape index (κ2) is 4.85. The summed E-state index contributed by atoms with van der Waals surface area (Å²) in [7, 11) is 0. The first-order valence-electron chi connectivity index (χ1n) is 5.35. The van der Waals surface area contributed by atoms with Gasteiger partial charge in [0.25, 0.3) is 0 Å². The van der Waals surface area contributed by atoms with Crippen molar-refractivity contribution >= 4 is 40.2 Å². The number of nitrogen functional groups attached to an aromatic ring is 1. The highest BCUT2D eigenvalue weighted by Crippen LogP contribution is 2.29. The molecule has 0 radical (unpaired) electrons. The highest BCUT2D eigenvalue weighted by atomic mass is 35.5. The minimum atomic E-state index is 0.476. The number of aromatic nitrogens is 3. The summed E-state index contributed by atoms with van der Waals surface area (Å²) in [5, 5.41) is 8.08. The fraction of sp³-hybridized carbons (Fsp3) is 0. The Balaban J connectivity index is 2.07. The number of hydrogen-bond donors (Lipinski definition) is 1. The number of hydrogen-bond acceptors (Lipinski definition) is 4. The Bertz CT molecular complexity index is 721. The van der Waals surface area contributed by atoms with Gasteiger partial charge in [0.1, 0.15) is 10.7 Å². The van der Waals surface area contributed by atoms with E-state index in [4.69, 9.17) is 28.9 Å². The van der Waals surface area contributed by atoms with Gasteiger partial charge in [-0.25, -0.2) is 9.67 Å². The minimum Gasteiger partial charge on any atom is -0.396 e. The Morgan fingerprint density at radius 1 is 1.21 bits per heavy atom. The molecule has 0 bridgehead atoms. The average molecular weight is 311 g/mol. The number of halogens is 2. The van der Waals surface area contributed by atoms with Crippen LogP contribution in [-0.2, 0) is 0 Å². The van der Waals surface area contributed by atoms with Crippen molar-refractivity contribution in [3.63, 3.8) is 0 Å². The van der Waals surface area contributed by atoms with Crippen LogP contribution < -0.4 is 5.73 Å². The summed E-state index contributed by atoms with van der Waals surface area (Å²) in [5.41, 5.74) is 8.00. The van der Waals surface area contributed by atoms with Crippen LogP contribution in [0.2, 0.25) is 10.0 Å².